The molecule has 0 saturated heterocycles. The number of fused-ring (bicyclic) bond motifs is 2. The molecule has 2 aliphatic carbocycles. The zero-order chi connectivity index (χ0) is 22.3. The van der Waals surface area contributed by atoms with Gasteiger partial charge in [0.05, 0.1) is 0 Å². The quantitative estimate of drug-likeness (QED) is 0.396. The average Bonchev–Trinajstić information content (AvgIpc) is 3.18. The number of hydrogen-bond donors (Lipinski definition) is 0. The van der Waals surface area contributed by atoms with Crippen molar-refractivity contribution in [1.82, 2.24) is 0 Å². The van der Waals surface area contributed by atoms with E-state index in [1.54, 1.807) is 10.4 Å². The molecular weight excluding hydrogens is 388 g/mol. The van der Waals surface area contributed by atoms with Crippen molar-refractivity contribution >= 4 is 19.2 Å². The Kier molecular flexibility index (Phi) is 6.44. The molecule has 31 heavy (non-hydrogen) atoms. The summed E-state index contributed by atoms with van der Waals surface area (Å²) in [6, 6.07) is 15.7. The lowest BCUT2D eigenvalue weighted by Gasteiger charge is -2.23. The van der Waals surface area contributed by atoms with E-state index in [-0.39, 0.29) is 0 Å². The van der Waals surface area contributed by atoms with Crippen molar-refractivity contribution in [3.8, 4) is 0 Å². The highest BCUT2D eigenvalue weighted by Gasteiger charge is 2.33. The van der Waals surface area contributed by atoms with Gasteiger partial charge in [0.2, 0.25) is 0 Å². The van der Waals surface area contributed by atoms with Crippen molar-refractivity contribution in [3.05, 3.63) is 93.8 Å². The normalized spacial score (nSPS) is 15.7. The Morgan fingerprint density at radius 3 is 1.45 bits per heavy atom. The minimum atomic E-state index is -1.32. The first-order valence-electron chi connectivity index (χ1n) is 12.2. The Labute approximate surface area is 192 Å². The molecule has 162 valence electrons. The van der Waals surface area contributed by atoms with Crippen LogP contribution in [-0.2, 0) is 12.8 Å². The van der Waals surface area contributed by atoms with Crippen molar-refractivity contribution in [3.63, 3.8) is 0 Å². The standard InChI is InChI=1S/C30H38Si/c1-8-31(29-21(6)15-25-11-9-23(13-19(2)3)17-27(25)29)30-22(7)16-26-12-10-24(14-20(4)5)18-28(26)30/h9-12,15-20,31H,8,13-14H2,1-7H3. The highest BCUT2D eigenvalue weighted by Crippen LogP contribution is 2.45. The Hall–Kier alpha value is -1.86. The van der Waals surface area contributed by atoms with Crippen LogP contribution in [0.1, 0.15) is 81.8 Å². The minimum Gasteiger partial charge on any atom is -0.0674 e. The van der Waals surface area contributed by atoms with E-state index < -0.39 is 8.80 Å². The molecule has 0 unspecified atom stereocenters. The van der Waals surface area contributed by atoms with Crippen molar-refractivity contribution in [2.24, 2.45) is 11.8 Å². The van der Waals surface area contributed by atoms with E-state index >= 15 is 0 Å². The van der Waals surface area contributed by atoms with E-state index in [1.807, 2.05) is 0 Å². The van der Waals surface area contributed by atoms with Gasteiger partial charge in [-0.25, -0.2) is 0 Å². The summed E-state index contributed by atoms with van der Waals surface area (Å²) in [6.07, 6.45) is 7.19. The SMILES string of the molecule is CC[SiH](C1=C(C)[CH]c2ccc(CC(C)C)cc21)C1=C(C)[CH]c2ccc(CC(C)C)cc21. The fourth-order valence-corrected chi connectivity index (χ4v) is 9.27. The smallest absolute Gasteiger partial charge is 0.0674 e. The number of allylic oxidation sites excluding steroid dienone is 2. The predicted molar refractivity (Wildman–Crippen MR) is 140 cm³/mol. The van der Waals surface area contributed by atoms with Gasteiger partial charge < -0.3 is 0 Å². The minimum absolute atomic E-state index is 0.691. The number of hydrogen-bond acceptors (Lipinski definition) is 0. The molecule has 0 N–H and O–H groups in total. The molecule has 4 rings (SSSR count). The Balaban J connectivity index is 1.76. The van der Waals surface area contributed by atoms with E-state index in [0.717, 1.165) is 12.8 Å². The van der Waals surface area contributed by atoms with Crippen molar-refractivity contribution in [2.45, 2.75) is 67.4 Å². The van der Waals surface area contributed by atoms with Crippen LogP contribution >= 0.6 is 0 Å². The van der Waals surface area contributed by atoms with Crippen molar-refractivity contribution < 1.29 is 0 Å². The summed E-state index contributed by atoms with van der Waals surface area (Å²) in [5, 5.41) is 3.38. The third-order valence-electron chi connectivity index (χ3n) is 6.80. The van der Waals surface area contributed by atoms with Crippen LogP contribution in [0.25, 0.3) is 10.4 Å². The van der Waals surface area contributed by atoms with Gasteiger partial charge in [0, 0.05) is 12.8 Å². The molecule has 0 spiro atoms. The van der Waals surface area contributed by atoms with Crippen LogP contribution in [-0.4, -0.2) is 8.80 Å². The number of rotatable bonds is 7. The maximum Gasteiger partial charge on any atom is 0.104 e. The summed E-state index contributed by atoms with van der Waals surface area (Å²) >= 11 is 0. The van der Waals surface area contributed by atoms with E-state index in [9.17, 15) is 0 Å². The van der Waals surface area contributed by atoms with Crippen molar-refractivity contribution in [1.29, 1.82) is 0 Å². The molecule has 2 aromatic rings. The zero-order valence-corrected chi connectivity index (χ0v) is 21.6. The van der Waals surface area contributed by atoms with Gasteiger partial charge in [-0.1, -0.05) is 98.6 Å². The fourth-order valence-electron chi connectivity index (χ4n) is 5.65. The lowest BCUT2D eigenvalue weighted by atomic mass is 9.99. The first kappa shape index (κ1) is 22.3. The van der Waals surface area contributed by atoms with Crippen molar-refractivity contribution in [2.75, 3.05) is 0 Å². The molecule has 0 aliphatic heterocycles. The van der Waals surface area contributed by atoms with Gasteiger partial charge >= 0.3 is 0 Å². The molecule has 0 bridgehead atoms. The van der Waals surface area contributed by atoms with Crippen LogP contribution in [0.15, 0.2) is 47.5 Å². The van der Waals surface area contributed by atoms with E-state index in [1.165, 1.54) is 50.6 Å². The maximum atomic E-state index is 2.51. The second-order valence-corrected chi connectivity index (χ2v) is 13.6. The zero-order valence-electron chi connectivity index (χ0n) is 20.5. The van der Waals surface area contributed by atoms with Crippen LogP contribution < -0.4 is 0 Å². The van der Waals surface area contributed by atoms with Gasteiger partial charge in [-0.15, -0.1) is 0 Å². The van der Waals surface area contributed by atoms with Crippen LogP contribution in [0.3, 0.4) is 0 Å². The Morgan fingerprint density at radius 1 is 0.677 bits per heavy atom. The van der Waals surface area contributed by atoms with Gasteiger partial charge in [0.15, 0.2) is 0 Å². The van der Waals surface area contributed by atoms with Gasteiger partial charge in [-0.3, -0.25) is 0 Å². The topological polar surface area (TPSA) is 0 Å². The molecule has 0 atom stereocenters. The Bertz CT molecular complexity index is 965. The third kappa shape index (κ3) is 4.39. The van der Waals surface area contributed by atoms with Crippen LogP contribution in [0.4, 0.5) is 0 Å². The summed E-state index contributed by atoms with van der Waals surface area (Å²) in [7, 11) is -1.32. The lowest BCUT2D eigenvalue weighted by molar-refractivity contribution is 0.647. The highest BCUT2D eigenvalue weighted by molar-refractivity contribution is 6.95. The summed E-state index contributed by atoms with van der Waals surface area (Å²) in [4.78, 5) is 0. The summed E-state index contributed by atoms with van der Waals surface area (Å²) < 4.78 is 0. The Morgan fingerprint density at radius 2 is 1.10 bits per heavy atom. The van der Waals surface area contributed by atoms with E-state index in [0.29, 0.717) is 11.8 Å². The first-order chi connectivity index (χ1) is 14.8. The molecule has 2 aromatic carbocycles. The molecular formula is C30H38Si. The second-order valence-electron chi connectivity index (χ2n) is 10.5. The third-order valence-corrected chi connectivity index (χ3v) is 10.5. The molecule has 0 saturated carbocycles. The van der Waals surface area contributed by atoms with Crippen LogP contribution in [0.5, 0.6) is 0 Å². The van der Waals surface area contributed by atoms with Crippen LogP contribution in [0.2, 0.25) is 6.04 Å². The van der Waals surface area contributed by atoms with Gasteiger partial charge in [0.1, 0.15) is 8.80 Å². The maximum absolute atomic E-state index is 2.51. The monoisotopic (exact) mass is 426 g/mol. The van der Waals surface area contributed by atoms with E-state index in [4.69, 9.17) is 0 Å². The van der Waals surface area contributed by atoms with Gasteiger partial charge in [-0.2, -0.15) is 0 Å². The first-order valence-corrected chi connectivity index (χ1v) is 14.1. The molecule has 0 heterocycles. The summed E-state index contributed by atoms with van der Waals surface area (Å²) in [5.41, 5.74) is 11.9. The van der Waals surface area contributed by atoms with Crippen LogP contribution in [0, 0.1) is 24.7 Å². The predicted octanol–water partition coefficient (Wildman–Crippen LogP) is 7.79. The summed E-state index contributed by atoms with van der Waals surface area (Å²) in [6.45, 7) is 16.4. The highest BCUT2D eigenvalue weighted by atomic mass is 28.3. The van der Waals surface area contributed by atoms with Gasteiger partial charge in [-0.05, 0) is 71.9 Å². The molecule has 0 aromatic heterocycles. The molecule has 2 aliphatic rings. The molecule has 2 radical (unpaired) electrons. The average molecular weight is 427 g/mol. The van der Waals surface area contributed by atoms with E-state index in [2.05, 4.69) is 97.7 Å². The fraction of sp³-hybridized carbons (Fsp3) is 0.400. The molecule has 0 amide bonds. The largest absolute Gasteiger partial charge is 0.104 e. The molecule has 1 heteroatoms. The summed E-state index contributed by atoms with van der Waals surface area (Å²) in [5.74, 6) is 1.38. The number of benzene rings is 2. The van der Waals surface area contributed by atoms with Gasteiger partial charge in [0.25, 0.3) is 0 Å². The lowest BCUT2D eigenvalue weighted by Crippen LogP contribution is -2.18. The second kappa shape index (κ2) is 8.94. The molecule has 0 nitrogen and oxygen atoms in total. The molecule has 0 fully saturated rings.